The highest BCUT2D eigenvalue weighted by Crippen LogP contribution is 2.26. The van der Waals surface area contributed by atoms with Gasteiger partial charge in [-0.05, 0) is 38.1 Å². The maximum absolute atomic E-state index is 11.6. The number of hydroxylamine groups is 1. The summed E-state index contributed by atoms with van der Waals surface area (Å²) in [4.78, 5) is 20.4. The largest absolute Gasteiger partial charge is 0.491 e. The van der Waals surface area contributed by atoms with E-state index in [-0.39, 0.29) is 12.0 Å². The van der Waals surface area contributed by atoms with E-state index in [4.69, 9.17) is 4.74 Å². The van der Waals surface area contributed by atoms with Crippen molar-refractivity contribution < 1.29 is 14.4 Å². The van der Waals surface area contributed by atoms with Crippen LogP contribution in [0.5, 0.6) is 5.75 Å². The molecule has 0 aliphatic carbocycles. The van der Waals surface area contributed by atoms with E-state index in [1.165, 1.54) is 18.4 Å². The number of carbonyl (C=O) groups excluding carboxylic acids is 1. The summed E-state index contributed by atoms with van der Waals surface area (Å²) in [5, 5.41) is 2.48. The molecule has 0 spiro atoms. The molecule has 0 saturated heterocycles. The molecule has 1 N–H and O–H groups in total. The molecule has 0 radical (unpaired) electrons. The summed E-state index contributed by atoms with van der Waals surface area (Å²) in [5.74, 6) is 0.465. The molecule has 6 heteroatoms. The predicted octanol–water partition coefficient (Wildman–Crippen LogP) is 2.89. The van der Waals surface area contributed by atoms with Gasteiger partial charge in [0.2, 0.25) is 0 Å². The molecule has 0 saturated carbocycles. The van der Waals surface area contributed by atoms with Gasteiger partial charge in [-0.2, -0.15) is 0 Å². The molecular formula is C14H16N2O3S. The average molecular weight is 292 g/mol. The minimum atomic E-state index is -0.352. The van der Waals surface area contributed by atoms with E-state index in [0.717, 1.165) is 16.3 Å². The fraction of sp³-hybridized carbons (Fsp3) is 0.286. The minimum Gasteiger partial charge on any atom is -0.491 e. The Morgan fingerprint density at radius 2 is 2.00 bits per heavy atom. The summed E-state index contributed by atoms with van der Waals surface area (Å²) in [6.07, 6.45) is 0.144. The molecule has 0 fully saturated rings. The molecule has 1 amide bonds. The number of benzene rings is 1. The highest BCUT2D eigenvalue weighted by atomic mass is 32.1. The first-order valence-electron chi connectivity index (χ1n) is 6.16. The van der Waals surface area contributed by atoms with Crippen molar-refractivity contribution in [1.82, 2.24) is 10.5 Å². The zero-order valence-electron chi connectivity index (χ0n) is 11.5. The lowest BCUT2D eigenvalue weighted by atomic mass is 10.2. The van der Waals surface area contributed by atoms with Crippen LogP contribution >= 0.6 is 11.3 Å². The second-order valence-electron chi connectivity index (χ2n) is 4.36. The van der Waals surface area contributed by atoms with E-state index >= 15 is 0 Å². The van der Waals surface area contributed by atoms with Crippen LogP contribution in [0.15, 0.2) is 29.6 Å². The second-order valence-corrected chi connectivity index (χ2v) is 5.22. The summed E-state index contributed by atoms with van der Waals surface area (Å²) >= 11 is 1.41. The van der Waals surface area contributed by atoms with E-state index in [1.54, 1.807) is 5.38 Å². The first-order valence-corrected chi connectivity index (χ1v) is 7.04. The summed E-state index contributed by atoms with van der Waals surface area (Å²) in [5.41, 5.74) is 3.53. The van der Waals surface area contributed by atoms with Crippen molar-refractivity contribution in [2.24, 2.45) is 0 Å². The Morgan fingerprint density at radius 1 is 1.30 bits per heavy atom. The van der Waals surface area contributed by atoms with Crippen LogP contribution in [-0.2, 0) is 4.84 Å². The summed E-state index contributed by atoms with van der Waals surface area (Å²) in [6, 6.07) is 7.64. The Hall–Kier alpha value is -1.92. The molecule has 0 bridgehead atoms. The SMILES string of the molecule is CONC(=O)c1csc(-c2ccc(OC(C)C)cc2)n1. The average Bonchev–Trinajstić information content (AvgIpc) is 2.89. The lowest BCUT2D eigenvalue weighted by Gasteiger charge is -2.09. The Labute approximate surface area is 121 Å². The highest BCUT2D eigenvalue weighted by Gasteiger charge is 2.11. The van der Waals surface area contributed by atoms with E-state index in [0.29, 0.717) is 5.69 Å². The number of nitrogens with one attached hydrogen (secondary N) is 1. The smallest absolute Gasteiger partial charge is 0.294 e. The lowest BCUT2D eigenvalue weighted by molar-refractivity contribution is 0.0533. The van der Waals surface area contributed by atoms with Gasteiger partial charge in [-0.3, -0.25) is 9.63 Å². The van der Waals surface area contributed by atoms with Crippen LogP contribution in [0, 0.1) is 0 Å². The van der Waals surface area contributed by atoms with Gasteiger partial charge in [-0.15, -0.1) is 11.3 Å². The van der Waals surface area contributed by atoms with Crippen molar-refractivity contribution in [2.45, 2.75) is 20.0 Å². The van der Waals surface area contributed by atoms with Gasteiger partial charge < -0.3 is 4.74 Å². The van der Waals surface area contributed by atoms with Gasteiger partial charge >= 0.3 is 0 Å². The molecule has 0 unspecified atom stereocenters. The lowest BCUT2D eigenvalue weighted by Crippen LogP contribution is -2.21. The van der Waals surface area contributed by atoms with Crippen LogP contribution in [0.3, 0.4) is 0 Å². The number of carbonyl (C=O) groups is 1. The van der Waals surface area contributed by atoms with E-state index in [2.05, 4.69) is 15.3 Å². The van der Waals surface area contributed by atoms with Crippen molar-refractivity contribution >= 4 is 17.2 Å². The topological polar surface area (TPSA) is 60.5 Å². The van der Waals surface area contributed by atoms with E-state index in [9.17, 15) is 4.79 Å². The zero-order valence-corrected chi connectivity index (χ0v) is 12.4. The van der Waals surface area contributed by atoms with Crippen LogP contribution in [0.4, 0.5) is 0 Å². The van der Waals surface area contributed by atoms with Gasteiger partial charge in [0, 0.05) is 10.9 Å². The normalized spacial score (nSPS) is 10.6. The molecule has 1 heterocycles. The predicted molar refractivity (Wildman–Crippen MR) is 77.8 cm³/mol. The van der Waals surface area contributed by atoms with Crippen molar-refractivity contribution in [3.63, 3.8) is 0 Å². The highest BCUT2D eigenvalue weighted by molar-refractivity contribution is 7.13. The van der Waals surface area contributed by atoms with E-state index < -0.39 is 0 Å². The number of nitrogens with zero attached hydrogens (tertiary/aromatic N) is 1. The Bertz CT molecular complexity index is 578. The minimum absolute atomic E-state index is 0.144. The quantitative estimate of drug-likeness (QED) is 0.861. The van der Waals surface area contributed by atoms with Crippen LogP contribution in [0.25, 0.3) is 10.6 Å². The first kappa shape index (κ1) is 14.5. The van der Waals surface area contributed by atoms with Gasteiger partial charge in [0.1, 0.15) is 16.5 Å². The van der Waals surface area contributed by atoms with Crippen LogP contribution < -0.4 is 10.2 Å². The second kappa shape index (κ2) is 6.49. The van der Waals surface area contributed by atoms with Gasteiger partial charge in [-0.25, -0.2) is 10.5 Å². The molecule has 1 aromatic heterocycles. The summed E-state index contributed by atoms with van der Waals surface area (Å²) < 4.78 is 5.58. The van der Waals surface area contributed by atoms with Crippen molar-refractivity contribution in [2.75, 3.05) is 7.11 Å². The molecular weight excluding hydrogens is 276 g/mol. The van der Waals surface area contributed by atoms with Crippen molar-refractivity contribution in [3.8, 4) is 16.3 Å². The number of ether oxygens (including phenoxy) is 1. The fourth-order valence-electron chi connectivity index (χ4n) is 1.60. The van der Waals surface area contributed by atoms with E-state index in [1.807, 2.05) is 38.1 Å². The number of amides is 1. The summed E-state index contributed by atoms with van der Waals surface area (Å²) in [6.45, 7) is 3.96. The Balaban J connectivity index is 2.14. The molecule has 2 rings (SSSR count). The number of thiazole rings is 1. The molecule has 106 valence electrons. The fourth-order valence-corrected chi connectivity index (χ4v) is 2.41. The number of rotatable bonds is 5. The van der Waals surface area contributed by atoms with Crippen molar-refractivity contribution in [3.05, 3.63) is 35.3 Å². The molecule has 5 nitrogen and oxygen atoms in total. The van der Waals surface area contributed by atoms with Gasteiger partial charge in [0.05, 0.1) is 13.2 Å². The first-order chi connectivity index (χ1) is 9.60. The third-order valence-corrected chi connectivity index (χ3v) is 3.30. The maximum atomic E-state index is 11.6. The number of hydrogen-bond donors (Lipinski definition) is 1. The molecule has 0 aliphatic heterocycles. The Kier molecular flexibility index (Phi) is 4.70. The molecule has 1 aromatic carbocycles. The standard InChI is InChI=1S/C14H16N2O3S/c1-9(2)19-11-6-4-10(5-7-11)14-15-12(8-20-14)13(17)16-18-3/h4-9H,1-3H3,(H,16,17). The van der Waals surface area contributed by atoms with Crippen LogP contribution in [0.1, 0.15) is 24.3 Å². The monoisotopic (exact) mass is 292 g/mol. The van der Waals surface area contributed by atoms with Crippen LogP contribution in [0.2, 0.25) is 0 Å². The molecule has 0 aliphatic rings. The van der Waals surface area contributed by atoms with Crippen LogP contribution in [-0.4, -0.2) is 24.1 Å². The van der Waals surface area contributed by atoms with Crippen molar-refractivity contribution in [1.29, 1.82) is 0 Å². The van der Waals surface area contributed by atoms with Gasteiger partial charge in [-0.1, -0.05) is 0 Å². The third kappa shape index (κ3) is 3.55. The zero-order chi connectivity index (χ0) is 14.5. The third-order valence-electron chi connectivity index (χ3n) is 2.40. The maximum Gasteiger partial charge on any atom is 0.294 e. The molecule has 2 aromatic rings. The summed E-state index contributed by atoms with van der Waals surface area (Å²) in [7, 11) is 1.39. The number of hydrogen-bond acceptors (Lipinski definition) is 5. The van der Waals surface area contributed by atoms with Gasteiger partial charge in [0.15, 0.2) is 0 Å². The Morgan fingerprint density at radius 3 is 2.60 bits per heavy atom. The molecule has 0 atom stereocenters. The van der Waals surface area contributed by atoms with Gasteiger partial charge in [0.25, 0.3) is 5.91 Å². The molecule has 20 heavy (non-hydrogen) atoms. The number of aromatic nitrogens is 1.